The lowest BCUT2D eigenvalue weighted by molar-refractivity contribution is 0.199. The Hall–Kier alpha value is -1.10. The standard InChI is InChI=1S/C16H23N3OS/c1-10-9-21-15(17-10)14(11-5-6-11)18-16(20)19-7-12-3-2-4-13(12)8-19/h9,11-14H,2-8H2,1H3,(H,18,20)/t12-,13-,14+/m0/s1. The number of rotatable bonds is 3. The molecule has 0 bridgehead atoms. The van der Waals surface area contributed by atoms with Crippen LogP contribution in [-0.2, 0) is 0 Å². The van der Waals surface area contributed by atoms with Crippen molar-refractivity contribution in [1.29, 1.82) is 0 Å². The molecule has 2 amide bonds. The highest BCUT2D eigenvalue weighted by molar-refractivity contribution is 7.09. The van der Waals surface area contributed by atoms with Gasteiger partial charge in [-0.25, -0.2) is 9.78 Å². The number of aryl methyl sites for hydroxylation is 1. The first-order chi connectivity index (χ1) is 10.2. The highest BCUT2D eigenvalue weighted by Crippen LogP contribution is 2.42. The monoisotopic (exact) mass is 305 g/mol. The molecule has 1 N–H and O–H groups in total. The highest BCUT2D eigenvalue weighted by Gasteiger charge is 2.40. The van der Waals surface area contributed by atoms with E-state index in [0.717, 1.165) is 35.6 Å². The molecule has 2 saturated carbocycles. The number of nitrogens with one attached hydrogen (secondary N) is 1. The van der Waals surface area contributed by atoms with Crippen molar-refractivity contribution in [3.05, 3.63) is 16.1 Å². The topological polar surface area (TPSA) is 45.2 Å². The second-order valence-electron chi connectivity index (χ2n) is 6.95. The summed E-state index contributed by atoms with van der Waals surface area (Å²) in [4.78, 5) is 19.2. The van der Waals surface area contributed by atoms with Crippen LogP contribution in [-0.4, -0.2) is 29.0 Å². The number of hydrogen-bond acceptors (Lipinski definition) is 3. The minimum atomic E-state index is 0.133. The quantitative estimate of drug-likeness (QED) is 0.931. The van der Waals surface area contributed by atoms with Crippen LogP contribution in [0, 0.1) is 24.7 Å². The van der Waals surface area contributed by atoms with Crippen LogP contribution in [0.15, 0.2) is 5.38 Å². The van der Waals surface area contributed by atoms with Gasteiger partial charge < -0.3 is 10.2 Å². The third-order valence-corrected chi connectivity index (χ3v) is 6.33. The van der Waals surface area contributed by atoms with Gasteiger partial charge in [-0.05, 0) is 50.4 Å². The summed E-state index contributed by atoms with van der Waals surface area (Å²) in [6.07, 6.45) is 6.41. The molecule has 2 heterocycles. The molecule has 0 spiro atoms. The Labute approximate surface area is 129 Å². The Kier molecular flexibility index (Phi) is 3.40. The van der Waals surface area contributed by atoms with Crippen molar-refractivity contribution in [2.75, 3.05) is 13.1 Å². The van der Waals surface area contributed by atoms with Gasteiger partial charge in [-0.15, -0.1) is 11.3 Å². The van der Waals surface area contributed by atoms with Gasteiger partial charge in [-0.3, -0.25) is 0 Å². The highest BCUT2D eigenvalue weighted by atomic mass is 32.1. The number of amides is 2. The van der Waals surface area contributed by atoms with Crippen LogP contribution in [0.25, 0.3) is 0 Å². The maximum absolute atomic E-state index is 12.6. The SMILES string of the molecule is Cc1csc([C@H](NC(=O)N2C[C@@H]3CCC[C@H]3C2)C2CC2)n1. The van der Waals surface area contributed by atoms with E-state index in [1.165, 1.54) is 32.1 Å². The summed E-state index contributed by atoms with van der Waals surface area (Å²) in [5.41, 5.74) is 1.06. The molecule has 2 aliphatic carbocycles. The number of thiazole rings is 1. The van der Waals surface area contributed by atoms with Crippen molar-refractivity contribution in [3.8, 4) is 0 Å². The van der Waals surface area contributed by atoms with Gasteiger partial charge in [0.1, 0.15) is 5.01 Å². The molecule has 3 fully saturated rings. The number of hydrogen-bond donors (Lipinski definition) is 1. The number of aromatic nitrogens is 1. The molecular weight excluding hydrogens is 282 g/mol. The maximum Gasteiger partial charge on any atom is 0.317 e. The number of urea groups is 1. The molecule has 1 aromatic heterocycles. The molecule has 1 aliphatic heterocycles. The predicted octanol–water partition coefficient (Wildman–Crippen LogP) is 3.34. The van der Waals surface area contributed by atoms with Crippen LogP contribution in [0.2, 0.25) is 0 Å². The van der Waals surface area contributed by atoms with Crippen molar-refractivity contribution in [2.24, 2.45) is 17.8 Å². The fourth-order valence-electron chi connectivity index (χ4n) is 3.95. The number of carbonyl (C=O) groups excluding carboxylic acids is 1. The maximum atomic E-state index is 12.6. The molecule has 5 heteroatoms. The molecule has 4 rings (SSSR count). The Morgan fingerprint density at radius 3 is 2.62 bits per heavy atom. The summed E-state index contributed by atoms with van der Waals surface area (Å²) >= 11 is 1.68. The molecule has 21 heavy (non-hydrogen) atoms. The van der Waals surface area contributed by atoms with Crippen LogP contribution in [0.1, 0.15) is 48.8 Å². The van der Waals surface area contributed by atoms with Crippen LogP contribution in [0.3, 0.4) is 0 Å². The van der Waals surface area contributed by atoms with Crippen LogP contribution in [0.5, 0.6) is 0 Å². The molecule has 3 atom stereocenters. The number of likely N-dealkylation sites (tertiary alicyclic amines) is 1. The van der Waals surface area contributed by atoms with Gasteiger partial charge >= 0.3 is 6.03 Å². The minimum Gasteiger partial charge on any atom is -0.328 e. The van der Waals surface area contributed by atoms with Gasteiger partial charge in [0, 0.05) is 24.2 Å². The molecule has 3 aliphatic rings. The number of carbonyl (C=O) groups is 1. The number of fused-ring (bicyclic) bond motifs is 1. The van der Waals surface area contributed by atoms with Gasteiger partial charge in [-0.2, -0.15) is 0 Å². The molecule has 0 aromatic carbocycles. The Morgan fingerprint density at radius 1 is 1.33 bits per heavy atom. The zero-order valence-electron chi connectivity index (χ0n) is 12.5. The molecule has 0 unspecified atom stereocenters. The lowest BCUT2D eigenvalue weighted by Crippen LogP contribution is -2.41. The second-order valence-corrected chi connectivity index (χ2v) is 7.84. The second kappa shape index (κ2) is 5.27. The van der Waals surface area contributed by atoms with E-state index in [4.69, 9.17) is 0 Å². The van der Waals surface area contributed by atoms with Gasteiger partial charge in [0.05, 0.1) is 6.04 Å². The lowest BCUT2D eigenvalue weighted by atomic mass is 10.0. The zero-order chi connectivity index (χ0) is 14.4. The van der Waals surface area contributed by atoms with Gasteiger partial charge in [0.25, 0.3) is 0 Å². The fourth-order valence-corrected chi connectivity index (χ4v) is 4.89. The molecule has 1 aromatic rings. The lowest BCUT2D eigenvalue weighted by Gasteiger charge is -2.22. The summed E-state index contributed by atoms with van der Waals surface area (Å²) in [5.74, 6) is 2.12. The third-order valence-electron chi connectivity index (χ3n) is 5.29. The van der Waals surface area contributed by atoms with E-state index in [2.05, 4.69) is 15.7 Å². The summed E-state index contributed by atoms with van der Waals surface area (Å²) in [5, 5.41) is 6.44. The van der Waals surface area contributed by atoms with E-state index in [9.17, 15) is 4.79 Å². The summed E-state index contributed by atoms with van der Waals surface area (Å²) in [7, 11) is 0. The van der Waals surface area contributed by atoms with Crippen LogP contribution >= 0.6 is 11.3 Å². The molecule has 4 nitrogen and oxygen atoms in total. The van der Waals surface area contributed by atoms with Crippen molar-refractivity contribution in [2.45, 2.75) is 45.1 Å². The van der Waals surface area contributed by atoms with E-state index in [0.29, 0.717) is 5.92 Å². The van der Waals surface area contributed by atoms with E-state index in [-0.39, 0.29) is 12.1 Å². The third kappa shape index (κ3) is 2.68. The molecular formula is C16H23N3OS. The average Bonchev–Trinajstić information content (AvgIpc) is 2.85. The van der Waals surface area contributed by atoms with Gasteiger partial charge in [0.2, 0.25) is 0 Å². The smallest absolute Gasteiger partial charge is 0.317 e. The van der Waals surface area contributed by atoms with Gasteiger partial charge in [-0.1, -0.05) is 6.42 Å². The average molecular weight is 305 g/mol. The summed E-state index contributed by atoms with van der Waals surface area (Å²) in [6, 6.07) is 0.269. The predicted molar refractivity (Wildman–Crippen MR) is 83.3 cm³/mol. The van der Waals surface area contributed by atoms with Crippen molar-refractivity contribution in [1.82, 2.24) is 15.2 Å². The first-order valence-electron chi connectivity index (χ1n) is 8.18. The van der Waals surface area contributed by atoms with E-state index in [1.807, 2.05) is 11.8 Å². The number of nitrogens with zero attached hydrogens (tertiary/aromatic N) is 2. The Balaban J connectivity index is 1.42. The zero-order valence-corrected chi connectivity index (χ0v) is 13.4. The first kappa shape index (κ1) is 13.6. The van der Waals surface area contributed by atoms with Crippen molar-refractivity contribution < 1.29 is 4.79 Å². The van der Waals surface area contributed by atoms with E-state index >= 15 is 0 Å². The summed E-state index contributed by atoms with van der Waals surface area (Å²) < 4.78 is 0. The Bertz CT molecular complexity index is 527. The van der Waals surface area contributed by atoms with E-state index in [1.54, 1.807) is 11.3 Å². The van der Waals surface area contributed by atoms with Gasteiger partial charge in [0.15, 0.2) is 0 Å². The minimum absolute atomic E-state index is 0.133. The molecule has 0 radical (unpaired) electrons. The Morgan fingerprint density at radius 2 is 2.05 bits per heavy atom. The summed E-state index contributed by atoms with van der Waals surface area (Å²) in [6.45, 7) is 3.95. The van der Waals surface area contributed by atoms with Crippen molar-refractivity contribution in [3.63, 3.8) is 0 Å². The molecule has 1 saturated heterocycles. The normalized spacial score (nSPS) is 29.5. The van der Waals surface area contributed by atoms with Crippen LogP contribution in [0.4, 0.5) is 4.79 Å². The molecule has 114 valence electrons. The fraction of sp³-hybridized carbons (Fsp3) is 0.750. The first-order valence-corrected chi connectivity index (χ1v) is 9.06. The van der Waals surface area contributed by atoms with E-state index < -0.39 is 0 Å². The largest absolute Gasteiger partial charge is 0.328 e. The van der Waals surface area contributed by atoms with Crippen LogP contribution < -0.4 is 5.32 Å². The van der Waals surface area contributed by atoms with Crippen molar-refractivity contribution >= 4 is 17.4 Å².